The molecule has 0 saturated carbocycles. The van der Waals surface area contributed by atoms with Gasteiger partial charge in [0.2, 0.25) is 5.91 Å². The zero-order valence-corrected chi connectivity index (χ0v) is 20.7. The maximum absolute atomic E-state index is 13.0. The molecule has 4 aromatic rings. The lowest BCUT2D eigenvalue weighted by atomic mass is 10.0. The van der Waals surface area contributed by atoms with E-state index in [0.717, 1.165) is 50.2 Å². The number of thiophene rings is 1. The van der Waals surface area contributed by atoms with Gasteiger partial charge in [-0.3, -0.25) is 19.3 Å². The summed E-state index contributed by atoms with van der Waals surface area (Å²) in [4.78, 5) is 47.8. The highest BCUT2D eigenvalue weighted by atomic mass is 32.1. The second kappa shape index (κ2) is 8.67. The molecule has 0 aliphatic carbocycles. The van der Waals surface area contributed by atoms with Crippen LogP contribution in [0.2, 0.25) is 0 Å². The van der Waals surface area contributed by atoms with Gasteiger partial charge in [-0.15, -0.1) is 22.7 Å². The van der Waals surface area contributed by atoms with Gasteiger partial charge < -0.3 is 10.2 Å². The second-order valence-corrected chi connectivity index (χ2v) is 10.9. The van der Waals surface area contributed by atoms with E-state index in [0.29, 0.717) is 11.1 Å². The third-order valence-electron chi connectivity index (χ3n) is 6.45. The zero-order chi connectivity index (χ0) is 24.1. The van der Waals surface area contributed by atoms with Gasteiger partial charge >= 0.3 is 0 Å². The molecule has 2 aliphatic rings. The second-order valence-electron chi connectivity index (χ2n) is 8.79. The van der Waals surface area contributed by atoms with E-state index in [1.54, 1.807) is 46.9 Å². The number of aromatic nitrogens is 1. The van der Waals surface area contributed by atoms with E-state index >= 15 is 0 Å². The number of benzene rings is 2. The number of fused-ring (bicyclic) bond motifs is 3. The van der Waals surface area contributed by atoms with Gasteiger partial charge in [0.25, 0.3) is 11.8 Å². The Morgan fingerprint density at radius 1 is 1.03 bits per heavy atom. The van der Waals surface area contributed by atoms with Crippen molar-refractivity contribution < 1.29 is 14.4 Å². The van der Waals surface area contributed by atoms with Crippen molar-refractivity contribution in [2.24, 2.45) is 0 Å². The lowest BCUT2D eigenvalue weighted by Gasteiger charge is -2.22. The number of nitrogens with one attached hydrogen (secondary N) is 1. The van der Waals surface area contributed by atoms with E-state index < -0.39 is 0 Å². The van der Waals surface area contributed by atoms with E-state index in [1.165, 1.54) is 10.4 Å². The molecule has 0 radical (unpaired) electrons. The van der Waals surface area contributed by atoms with Crippen LogP contribution in [0.3, 0.4) is 0 Å². The maximum atomic E-state index is 13.0. The minimum atomic E-state index is -0.344. The number of thiazole rings is 1. The Morgan fingerprint density at radius 3 is 2.49 bits per heavy atom. The Kier molecular flexibility index (Phi) is 5.47. The van der Waals surface area contributed by atoms with E-state index in [9.17, 15) is 14.4 Å². The van der Waals surface area contributed by atoms with Crippen LogP contribution in [0.5, 0.6) is 0 Å². The molecule has 0 bridgehead atoms. The van der Waals surface area contributed by atoms with Gasteiger partial charge in [-0.1, -0.05) is 24.3 Å². The van der Waals surface area contributed by atoms with Gasteiger partial charge in [-0.05, 0) is 43.3 Å². The molecule has 2 aromatic carbocycles. The van der Waals surface area contributed by atoms with Crippen LogP contribution in [-0.2, 0) is 17.8 Å². The number of anilines is 1. The Bertz CT molecular complexity index is 1440. The topological polar surface area (TPSA) is 82.6 Å². The summed E-state index contributed by atoms with van der Waals surface area (Å²) in [5.74, 6) is -0.915. The Morgan fingerprint density at radius 2 is 1.74 bits per heavy atom. The molecule has 0 unspecified atom stereocenters. The van der Waals surface area contributed by atoms with Crippen molar-refractivity contribution >= 4 is 55.6 Å². The number of para-hydroxylation sites is 1. The van der Waals surface area contributed by atoms with Crippen LogP contribution in [0, 0.1) is 0 Å². The summed E-state index contributed by atoms with van der Waals surface area (Å²) >= 11 is 3.22. The molecule has 0 fully saturated rings. The third-order valence-corrected chi connectivity index (χ3v) is 8.64. The SMILES string of the molecule is CN1CCc2c(sc(NC(=O)CCN3C(=O)c4ccccc4C3=O)c2-c2nc3ccccc3s2)C1. The smallest absolute Gasteiger partial charge is 0.261 e. The van der Waals surface area contributed by atoms with Gasteiger partial charge in [0.15, 0.2) is 0 Å². The van der Waals surface area contributed by atoms with Crippen LogP contribution in [0.15, 0.2) is 48.5 Å². The van der Waals surface area contributed by atoms with Crippen LogP contribution in [0.4, 0.5) is 5.00 Å². The maximum Gasteiger partial charge on any atom is 0.261 e. The largest absolute Gasteiger partial charge is 0.317 e. The Hall–Kier alpha value is -3.40. The van der Waals surface area contributed by atoms with Gasteiger partial charge in [0, 0.05) is 36.5 Å². The molecule has 2 aliphatic heterocycles. The first kappa shape index (κ1) is 22.1. The van der Waals surface area contributed by atoms with Gasteiger partial charge in [-0.25, -0.2) is 4.98 Å². The molecule has 35 heavy (non-hydrogen) atoms. The average molecular weight is 503 g/mol. The number of rotatable bonds is 5. The number of hydrogen-bond donors (Lipinski definition) is 1. The summed E-state index contributed by atoms with van der Waals surface area (Å²) < 4.78 is 1.11. The predicted octanol–water partition coefficient (Wildman–Crippen LogP) is 4.64. The van der Waals surface area contributed by atoms with Gasteiger partial charge in [0.05, 0.1) is 21.3 Å². The molecule has 4 heterocycles. The third kappa shape index (κ3) is 3.85. The molecular weight excluding hydrogens is 480 g/mol. The van der Waals surface area contributed by atoms with E-state index in [2.05, 4.69) is 23.3 Å². The number of imide groups is 1. The first-order valence-electron chi connectivity index (χ1n) is 11.4. The highest BCUT2D eigenvalue weighted by molar-refractivity contribution is 7.22. The first-order valence-corrected chi connectivity index (χ1v) is 13.1. The molecule has 176 valence electrons. The highest BCUT2D eigenvalue weighted by Gasteiger charge is 2.35. The normalized spacial score (nSPS) is 15.5. The number of likely N-dealkylation sites (N-methyl/N-ethyl adjacent to an activating group) is 1. The van der Waals surface area contributed by atoms with Crippen molar-refractivity contribution in [2.45, 2.75) is 19.4 Å². The van der Waals surface area contributed by atoms with E-state index in [4.69, 9.17) is 4.98 Å². The van der Waals surface area contributed by atoms with Crippen LogP contribution >= 0.6 is 22.7 Å². The molecule has 9 heteroatoms. The number of nitrogens with zero attached hydrogens (tertiary/aromatic N) is 3. The lowest BCUT2D eigenvalue weighted by Crippen LogP contribution is -2.32. The van der Waals surface area contributed by atoms with E-state index in [-0.39, 0.29) is 30.7 Å². The predicted molar refractivity (Wildman–Crippen MR) is 138 cm³/mol. The fraction of sp³-hybridized carbons (Fsp3) is 0.231. The number of amides is 3. The van der Waals surface area contributed by atoms with Crippen molar-refractivity contribution in [3.05, 3.63) is 70.1 Å². The summed E-state index contributed by atoms with van der Waals surface area (Å²) in [5, 5.41) is 4.77. The Balaban J connectivity index is 1.25. The van der Waals surface area contributed by atoms with Crippen LogP contribution in [0.25, 0.3) is 20.8 Å². The van der Waals surface area contributed by atoms with Crippen LogP contribution < -0.4 is 5.32 Å². The standard InChI is InChI=1S/C26H22N4O3S2/c1-29-12-10-17-20(14-29)35-24(22(17)23-27-18-8-4-5-9-19(18)34-23)28-21(31)11-13-30-25(32)15-6-2-3-7-16(15)26(30)33/h2-9H,10-14H2,1H3,(H,28,31). The fourth-order valence-electron chi connectivity index (χ4n) is 4.67. The Labute approximate surface area is 210 Å². The van der Waals surface area contributed by atoms with Crippen LogP contribution in [-0.4, -0.2) is 52.6 Å². The lowest BCUT2D eigenvalue weighted by molar-refractivity contribution is -0.116. The minimum absolute atomic E-state index is 0.0349. The zero-order valence-electron chi connectivity index (χ0n) is 19.0. The van der Waals surface area contributed by atoms with Crippen LogP contribution in [0.1, 0.15) is 37.6 Å². The summed E-state index contributed by atoms with van der Waals surface area (Å²) in [7, 11) is 2.10. The number of hydrogen-bond acceptors (Lipinski definition) is 7. The van der Waals surface area contributed by atoms with Crippen molar-refractivity contribution in [3.8, 4) is 10.6 Å². The van der Waals surface area contributed by atoms with E-state index in [1.807, 2.05) is 18.2 Å². The van der Waals surface area contributed by atoms with Crippen molar-refractivity contribution in [2.75, 3.05) is 25.5 Å². The monoisotopic (exact) mass is 502 g/mol. The molecular formula is C26H22N4O3S2. The summed E-state index contributed by atoms with van der Waals surface area (Å²) in [6, 6.07) is 14.8. The van der Waals surface area contributed by atoms with Gasteiger partial charge in [-0.2, -0.15) is 0 Å². The van der Waals surface area contributed by atoms with Crippen molar-refractivity contribution in [3.63, 3.8) is 0 Å². The summed E-state index contributed by atoms with van der Waals surface area (Å²) in [6.07, 6.45) is 0.936. The molecule has 0 spiro atoms. The molecule has 3 amide bonds. The molecule has 2 aromatic heterocycles. The summed E-state index contributed by atoms with van der Waals surface area (Å²) in [5.41, 5.74) is 4.00. The number of carbonyl (C=O) groups is 3. The molecule has 6 rings (SSSR count). The molecule has 1 N–H and O–H groups in total. The number of carbonyl (C=O) groups excluding carboxylic acids is 3. The highest BCUT2D eigenvalue weighted by Crippen LogP contribution is 2.45. The van der Waals surface area contributed by atoms with Crippen molar-refractivity contribution in [1.29, 1.82) is 0 Å². The van der Waals surface area contributed by atoms with Crippen molar-refractivity contribution in [1.82, 2.24) is 14.8 Å². The average Bonchev–Trinajstić information content (AvgIpc) is 3.50. The molecule has 7 nitrogen and oxygen atoms in total. The quantitative estimate of drug-likeness (QED) is 0.402. The fourth-order valence-corrected chi connectivity index (χ4v) is 7.12. The van der Waals surface area contributed by atoms with Gasteiger partial charge in [0.1, 0.15) is 10.0 Å². The first-order chi connectivity index (χ1) is 17.0. The molecule has 0 saturated heterocycles. The minimum Gasteiger partial charge on any atom is -0.317 e. The molecule has 0 atom stereocenters. The summed E-state index contributed by atoms with van der Waals surface area (Å²) in [6.45, 7) is 1.83.